The van der Waals surface area contributed by atoms with Crippen molar-refractivity contribution in [2.75, 3.05) is 36.5 Å². The Hall–Kier alpha value is -3.37. The van der Waals surface area contributed by atoms with Crippen LogP contribution in [0.1, 0.15) is 36.2 Å². The van der Waals surface area contributed by atoms with Crippen molar-refractivity contribution in [2.24, 2.45) is 5.92 Å². The van der Waals surface area contributed by atoms with E-state index >= 15 is 0 Å². The minimum absolute atomic E-state index is 0.0362. The third-order valence-electron chi connectivity index (χ3n) is 6.71. The molecule has 180 valence electrons. The molecule has 0 spiro atoms. The molecule has 8 nitrogen and oxygen atoms in total. The molecule has 0 saturated carbocycles. The van der Waals surface area contributed by atoms with Crippen LogP contribution in [-0.2, 0) is 17.4 Å². The summed E-state index contributed by atoms with van der Waals surface area (Å²) in [5.41, 5.74) is 3.22. The fraction of sp³-hybridized carbons (Fsp3) is 0.478. The van der Waals surface area contributed by atoms with Gasteiger partial charge in [-0.05, 0) is 61.9 Å². The number of piperidine rings is 1. The molecule has 0 unspecified atom stereocenters. The SMILES string of the molecule is COc1ccc(C)c2c1N(C(=O)C1CCN(c3ccc4nnc(C(F)(F)F)n4n3)CC1)CCC2. The number of amides is 1. The largest absolute Gasteiger partial charge is 0.495 e. The van der Waals surface area contributed by atoms with E-state index in [1.54, 1.807) is 13.2 Å². The van der Waals surface area contributed by atoms with Crippen LogP contribution in [-0.4, -0.2) is 52.5 Å². The molecule has 0 aliphatic carbocycles. The van der Waals surface area contributed by atoms with Crippen molar-refractivity contribution in [1.82, 2.24) is 19.8 Å². The fourth-order valence-electron chi connectivity index (χ4n) is 4.94. The number of carbonyl (C=O) groups is 1. The highest BCUT2D eigenvalue weighted by atomic mass is 19.4. The Balaban J connectivity index is 1.33. The van der Waals surface area contributed by atoms with Gasteiger partial charge in [-0.15, -0.1) is 15.3 Å². The lowest BCUT2D eigenvalue weighted by Crippen LogP contribution is -2.45. The number of benzene rings is 1. The number of halogens is 3. The summed E-state index contributed by atoms with van der Waals surface area (Å²) in [6.07, 6.45) is -1.65. The van der Waals surface area contributed by atoms with Gasteiger partial charge < -0.3 is 14.5 Å². The van der Waals surface area contributed by atoms with E-state index in [4.69, 9.17) is 4.74 Å². The molecule has 1 saturated heterocycles. The highest BCUT2D eigenvalue weighted by Crippen LogP contribution is 2.39. The lowest BCUT2D eigenvalue weighted by molar-refractivity contribution is -0.146. The predicted molar refractivity (Wildman–Crippen MR) is 119 cm³/mol. The number of hydrogen-bond acceptors (Lipinski definition) is 6. The second-order valence-corrected chi connectivity index (χ2v) is 8.75. The van der Waals surface area contributed by atoms with E-state index in [-0.39, 0.29) is 17.5 Å². The van der Waals surface area contributed by atoms with Gasteiger partial charge in [0.15, 0.2) is 5.65 Å². The van der Waals surface area contributed by atoms with Crippen molar-refractivity contribution in [2.45, 2.75) is 38.8 Å². The zero-order chi connectivity index (χ0) is 24.0. The Kier molecular flexibility index (Phi) is 5.57. The zero-order valence-corrected chi connectivity index (χ0v) is 19.0. The maximum absolute atomic E-state index is 13.5. The van der Waals surface area contributed by atoms with Crippen molar-refractivity contribution in [3.8, 4) is 5.75 Å². The van der Waals surface area contributed by atoms with E-state index in [9.17, 15) is 18.0 Å². The molecule has 3 aromatic rings. The van der Waals surface area contributed by atoms with Crippen LogP contribution in [0.15, 0.2) is 24.3 Å². The summed E-state index contributed by atoms with van der Waals surface area (Å²) in [5.74, 6) is -0.132. The van der Waals surface area contributed by atoms with E-state index in [1.165, 1.54) is 6.07 Å². The fourth-order valence-corrected chi connectivity index (χ4v) is 4.94. The van der Waals surface area contributed by atoms with Gasteiger partial charge in [-0.3, -0.25) is 4.79 Å². The van der Waals surface area contributed by atoms with E-state index in [0.29, 0.717) is 44.0 Å². The standard InChI is InChI=1S/C23H25F3N6O2/c1-14-5-6-17(34-2)20-16(14)4-3-11-31(20)21(33)15-9-12-30(13-10-15)19-8-7-18-27-28-22(23(24,25)26)32(18)29-19/h5-8,15H,3-4,9-13H2,1-2H3. The minimum atomic E-state index is -4.64. The van der Waals surface area contributed by atoms with Crippen LogP contribution in [0.2, 0.25) is 0 Å². The van der Waals surface area contributed by atoms with Crippen LogP contribution < -0.4 is 14.5 Å². The lowest BCUT2D eigenvalue weighted by atomic mass is 9.91. The highest BCUT2D eigenvalue weighted by molar-refractivity contribution is 5.98. The second-order valence-electron chi connectivity index (χ2n) is 8.75. The second kappa shape index (κ2) is 8.44. The van der Waals surface area contributed by atoms with Crippen LogP contribution in [0.5, 0.6) is 5.75 Å². The molecule has 11 heteroatoms. The van der Waals surface area contributed by atoms with Crippen LogP contribution in [0, 0.1) is 12.8 Å². The molecule has 2 aliphatic heterocycles. The molecule has 34 heavy (non-hydrogen) atoms. The minimum Gasteiger partial charge on any atom is -0.495 e. The highest BCUT2D eigenvalue weighted by Gasteiger charge is 2.38. The van der Waals surface area contributed by atoms with E-state index in [0.717, 1.165) is 34.2 Å². The Bertz CT molecular complexity index is 1230. The number of anilines is 2. The summed E-state index contributed by atoms with van der Waals surface area (Å²) in [4.78, 5) is 17.3. The average Bonchev–Trinajstić information content (AvgIpc) is 3.28. The number of carbonyl (C=O) groups excluding carboxylic acids is 1. The average molecular weight is 474 g/mol. The molecule has 2 aromatic heterocycles. The summed E-state index contributed by atoms with van der Waals surface area (Å²) in [6, 6.07) is 7.04. The number of nitrogens with zero attached hydrogens (tertiary/aromatic N) is 6. The van der Waals surface area contributed by atoms with E-state index < -0.39 is 12.0 Å². The summed E-state index contributed by atoms with van der Waals surface area (Å²) in [6.45, 7) is 3.74. The molecule has 5 rings (SSSR count). The van der Waals surface area contributed by atoms with Gasteiger partial charge in [0, 0.05) is 25.6 Å². The van der Waals surface area contributed by atoms with E-state index in [2.05, 4.69) is 22.2 Å². The molecule has 0 N–H and O–H groups in total. The van der Waals surface area contributed by atoms with Crippen LogP contribution in [0.4, 0.5) is 24.7 Å². The number of rotatable bonds is 3. The van der Waals surface area contributed by atoms with Gasteiger partial charge in [0.25, 0.3) is 5.82 Å². The van der Waals surface area contributed by atoms with Crippen molar-refractivity contribution in [1.29, 1.82) is 0 Å². The van der Waals surface area contributed by atoms with Gasteiger partial charge in [0.1, 0.15) is 11.6 Å². The van der Waals surface area contributed by atoms with Gasteiger partial charge >= 0.3 is 6.18 Å². The summed E-state index contributed by atoms with van der Waals surface area (Å²) in [5, 5.41) is 10.9. The molecule has 1 amide bonds. The van der Waals surface area contributed by atoms with Crippen LogP contribution in [0.25, 0.3) is 5.65 Å². The van der Waals surface area contributed by atoms with Crippen LogP contribution >= 0.6 is 0 Å². The molecule has 0 bridgehead atoms. The number of aryl methyl sites for hydroxylation is 1. The maximum Gasteiger partial charge on any atom is 0.453 e. The van der Waals surface area contributed by atoms with Gasteiger partial charge in [-0.25, -0.2) is 0 Å². The van der Waals surface area contributed by atoms with E-state index in [1.807, 2.05) is 21.9 Å². The number of fused-ring (bicyclic) bond motifs is 2. The molecule has 1 fully saturated rings. The number of ether oxygens (including phenoxy) is 1. The number of hydrogen-bond donors (Lipinski definition) is 0. The van der Waals surface area contributed by atoms with Crippen molar-refractivity contribution in [3.63, 3.8) is 0 Å². The first-order valence-electron chi connectivity index (χ1n) is 11.3. The first-order chi connectivity index (χ1) is 16.3. The molecular formula is C23H25F3N6O2. The molecule has 1 aromatic carbocycles. The summed E-state index contributed by atoms with van der Waals surface area (Å²) >= 11 is 0. The number of alkyl halides is 3. The van der Waals surface area contributed by atoms with Gasteiger partial charge in [-0.1, -0.05) is 6.07 Å². The number of methoxy groups -OCH3 is 1. The third-order valence-corrected chi connectivity index (χ3v) is 6.71. The molecule has 0 radical (unpaired) electrons. The van der Waals surface area contributed by atoms with Gasteiger partial charge in [-0.2, -0.15) is 17.7 Å². The monoisotopic (exact) mass is 474 g/mol. The first-order valence-corrected chi connectivity index (χ1v) is 11.3. The van der Waals surface area contributed by atoms with Crippen molar-refractivity contribution < 1.29 is 22.7 Å². The van der Waals surface area contributed by atoms with Gasteiger partial charge in [0.05, 0.1) is 12.8 Å². The summed E-state index contributed by atoms with van der Waals surface area (Å²) < 4.78 is 45.9. The zero-order valence-electron chi connectivity index (χ0n) is 19.0. The number of aromatic nitrogens is 4. The maximum atomic E-state index is 13.5. The lowest BCUT2D eigenvalue weighted by Gasteiger charge is -2.37. The normalized spacial score (nSPS) is 17.2. The molecule has 0 atom stereocenters. The summed E-state index contributed by atoms with van der Waals surface area (Å²) in [7, 11) is 1.62. The quantitative estimate of drug-likeness (QED) is 0.577. The first kappa shape index (κ1) is 22.4. The molecule has 4 heterocycles. The van der Waals surface area contributed by atoms with Gasteiger partial charge in [0.2, 0.25) is 5.91 Å². The van der Waals surface area contributed by atoms with Crippen molar-refractivity contribution >= 4 is 23.1 Å². The van der Waals surface area contributed by atoms with Crippen LogP contribution in [0.3, 0.4) is 0 Å². The van der Waals surface area contributed by atoms with Crippen molar-refractivity contribution in [3.05, 3.63) is 41.2 Å². The Morgan fingerprint density at radius 1 is 1.09 bits per heavy atom. The Morgan fingerprint density at radius 2 is 1.85 bits per heavy atom. The topological polar surface area (TPSA) is 75.9 Å². The molecular weight excluding hydrogens is 449 g/mol. The third kappa shape index (κ3) is 3.82. The Morgan fingerprint density at radius 3 is 2.56 bits per heavy atom. The molecule has 2 aliphatic rings. The Labute approximate surface area is 194 Å². The predicted octanol–water partition coefficient (Wildman–Crippen LogP) is 3.66. The smallest absolute Gasteiger partial charge is 0.453 e.